The largest absolute Gasteiger partial charge is 0.480 e. The molecular formula is C28H33FN2O3. The molecule has 2 aromatic carbocycles. The first-order valence-corrected chi connectivity index (χ1v) is 12.3. The Morgan fingerprint density at radius 3 is 2.44 bits per heavy atom. The summed E-state index contributed by atoms with van der Waals surface area (Å²) >= 11 is 0. The van der Waals surface area contributed by atoms with Crippen molar-refractivity contribution in [3.05, 3.63) is 66.1 Å². The van der Waals surface area contributed by atoms with Crippen molar-refractivity contribution in [1.82, 2.24) is 9.78 Å². The zero-order valence-electron chi connectivity index (χ0n) is 19.8. The molecule has 6 heteroatoms. The fourth-order valence-electron chi connectivity index (χ4n) is 5.02. The van der Waals surface area contributed by atoms with Gasteiger partial charge in [0.25, 0.3) is 0 Å². The number of carbonyl (C=O) groups is 1. The Morgan fingerprint density at radius 1 is 1.06 bits per heavy atom. The van der Waals surface area contributed by atoms with Gasteiger partial charge in [0.05, 0.1) is 6.61 Å². The second-order valence-electron chi connectivity index (χ2n) is 9.27. The highest BCUT2D eigenvalue weighted by molar-refractivity contribution is 5.82. The molecule has 0 saturated heterocycles. The standard InChI is InChI=1S/C28H33FN2O3/c1-2-7-25-27(23-10-6-11-24(29)16-23)28(22-8-4-3-5-9-22)30-31(25)17-20-12-14-21(15-13-20)18-34-19-26(32)33/h3-6,8-11,16,20-21H,2,7,12-15,17-19H2,1H3,(H,32,33)/t20-,21-. The molecule has 1 aromatic heterocycles. The van der Waals surface area contributed by atoms with E-state index in [1.807, 2.05) is 24.3 Å². The number of hydrogen-bond donors (Lipinski definition) is 1. The van der Waals surface area contributed by atoms with E-state index >= 15 is 0 Å². The van der Waals surface area contributed by atoms with Gasteiger partial charge in [-0.15, -0.1) is 0 Å². The predicted octanol–water partition coefficient (Wildman–Crippen LogP) is 6.22. The van der Waals surface area contributed by atoms with Gasteiger partial charge in [0.2, 0.25) is 0 Å². The smallest absolute Gasteiger partial charge is 0.329 e. The monoisotopic (exact) mass is 464 g/mol. The first-order chi connectivity index (χ1) is 16.5. The number of carboxylic acids is 1. The lowest BCUT2D eigenvalue weighted by atomic mass is 9.82. The van der Waals surface area contributed by atoms with Crippen LogP contribution in [-0.4, -0.2) is 34.1 Å². The minimum atomic E-state index is -0.917. The van der Waals surface area contributed by atoms with Crippen LogP contribution in [-0.2, 0) is 22.5 Å². The predicted molar refractivity (Wildman–Crippen MR) is 131 cm³/mol. The molecule has 4 rings (SSSR count). The van der Waals surface area contributed by atoms with Crippen molar-refractivity contribution in [3.63, 3.8) is 0 Å². The molecule has 34 heavy (non-hydrogen) atoms. The van der Waals surface area contributed by atoms with Gasteiger partial charge < -0.3 is 9.84 Å². The summed E-state index contributed by atoms with van der Waals surface area (Å²) in [6.45, 7) is 3.30. The second kappa shape index (κ2) is 11.4. The van der Waals surface area contributed by atoms with Crippen molar-refractivity contribution in [3.8, 4) is 22.4 Å². The molecule has 1 aliphatic carbocycles. The second-order valence-corrected chi connectivity index (χ2v) is 9.27. The van der Waals surface area contributed by atoms with Crippen LogP contribution in [0.2, 0.25) is 0 Å². The number of rotatable bonds is 10. The molecule has 3 aromatic rings. The molecular weight excluding hydrogens is 431 g/mol. The van der Waals surface area contributed by atoms with Gasteiger partial charge in [0.1, 0.15) is 18.1 Å². The fraction of sp³-hybridized carbons (Fsp3) is 0.429. The average molecular weight is 465 g/mol. The normalized spacial score (nSPS) is 18.2. The Balaban J connectivity index is 1.59. The number of aromatic nitrogens is 2. The molecule has 1 aliphatic rings. The van der Waals surface area contributed by atoms with Crippen LogP contribution in [0.25, 0.3) is 22.4 Å². The van der Waals surface area contributed by atoms with Gasteiger partial charge >= 0.3 is 5.97 Å². The minimum absolute atomic E-state index is 0.223. The number of benzene rings is 2. The molecule has 1 fully saturated rings. The highest BCUT2D eigenvalue weighted by Gasteiger charge is 2.26. The Hall–Kier alpha value is -2.99. The van der Waals surface area contributed by atoms with E-state index in [0.29, 0.717) is 18.4 Å². The third kappa shape index (κ3) is 5.92. The van der Waals surface area contributed by atoms with Crippen LogP contribution in [0, 0.1) is 17.7 Å². The zero-order valence-corrected chi connectivity index (χ0v) is 19.8. The lowest BCUT2D eigenvalue weighted by Gasteiger charge is -2.28. The van der Waals surface area contributed by atoms with Crippen molar-refractivity contribution >= 4 is 5.97 Å². The molecule has 0 spiro atoms. The minimum Gasteiger partial charge on any atom is -0.480 e. The molecule has 0 amide bonds. The molecule has 0 radical (unpaired) electrons. The van der Waals surface area contributed by atoms with Gasteiger partial charge in [0.15, 0.2) is 0 Å². The van der Waals surface area contributed by atoms with E-state index < -0.39 is 5.97 Å². The van der Waals surface area contributed by atoms with Crippen LogP contribution < -0.4 is 0 Å². The van der Waals surface area contributed by atoms with E-state index in [9.17, 15) is 9.18 Å². The first-order valence-electron chi connectivity index (χ1n) is 12.3. The van der Waals surface area contributed by atoms with Crippen molar-refractivity contribution < 1.29 is 19.0 Å². The molecule has 1 N–H and O–H groups in total. The molecule has 180 valence electrons. The maximum atomic E-state index is 14.2. The van der Waals surface area contributed by atoms with Crippen LogP contribution in [0.15, 0.2) is 54.6 Å². The number of ether oxygens (including phenoxy) is 1. The van der Waals surface area contributed by atoms with Crippen LogP contribution in [0.5, 0.6) is 0 Å². The summed E-state index contributed by atoms with van der Waals surface area (Å²) in [5.74, 6) is -0.226. The van der Waals surface area contributed by atoms with E-state index in [1.165, 1.54) is 11.8 Å². The Bertz CT molecular complexity index is 1090. The maximum Gasteiger partial charge on any atom is 0.329 e. The Morgan fingerprint density at radius 2 is 1.76 bits per heavy atom. The maximum absolute atomic E-state index is 14.2. The van der Waals surface area contributed by atoms with Crippen LogP contribution in [0.4, 0.5) is 4.39 Å². The summed E-state index contributed by atoms with van der Waals surface area (Å²) in [6, 6.07) is 17.0. The van der Waals surface area contributed by atoms with Crippen molar-refractivity contribution in [2.75, 3.05) is 13.2 Å². The number of aliphatic carboxylic acids is 1. The van der Waals surface area contributed by atoms with Gasteiger partial charge in [-0.1, -0.05) is 55.8 Å². The highest BCUT2D eigenvalue weighted by atomic mass is 19.1. The summed E-state index contributed by atoms with van der Waals surface area (Å²) in [7, 11) is 0. The van der Waals surface area contributed by atoms with Crippen molar-refractivity contribution in [2.24, 2.45) is 11.8 Å². The quantitative estimate of drug-likeness (QED) is 0.387. The van der Waals surface area contributed by atoms with E-state index in [2.05, 4.69) is 23.7 Å². The number of nitrogens with zero attached hydrogens (tertiary/aromatic N) is 2. The molecule has 5 nitrogen and oxygen atoms in total. The topological polar surface area (TPSA) is 64.4 Å². The zero-order chi connectivity index (χ0) is 23.9. The Labute approximate surface area is 200 Å². The summed E-state index contributed by atoms with van der Waals surface area (Å²) in [4.78, 5) is 10.7. The van der Waals surface area contributed by atoms with E-state index in [0.717, 1.165) is 67.5 Å². The number of halogens is 1. The Kier molecular flexibility index (Phi) is 8.12. The van der Waals surface area contributed by atoms with Crippen molar-refractivity contribution in [2.45, 2.75) is 52.0 Å². The van der Waals surface area contributed by atoms with E-state index in [4.69, 9.17) is 14.9 Å². The number of carboxylic acid groups (broad SMARTS) is 1. The summed E-state index contributed by atoms with van der Waals surface area (Å²) in [6.07, 6.45) is 6.08. The van der Waals surface area contributed by atoms with Crippen LogP contribution in [0.1, 0.15) is 44.7 Å². The lowest BCUT2D eigenvalue weighted by Crippen LogP contribution is -2.23. The van der Waals surface area contributed by atoms with Gasteiger partial charge in [-0.25, -0.2) is 9.18 Å². The molecule has 0 atom stereocenters. The van der Waals surface area contributed by atoms with E-state index in [-0.39, 0.29) is 12.4 Å². The third-order valence-electron chi connectivity index (χ3n) is 6.68. The van der Waals surface area contributed by atoms with Crippen molar-refractivity contribution in [1.29, 1.82) is 0 Å². The summed E-state index contributed by atoms with van der Waals surface area (Å²) in [5, 5.41) is 13.9. The molecule has 0 unspecified atom stereocenters. The van der Waals surface area contributed by atoms with Gasteiger partial charge in [0, 0.05) is 23.4 Å². The first kappa shape index (κ1) is 24.1. The fourth-order valence-corrected chi connectivity index (χ4v) is 5.02. The van der Waals surface area contributed by atoms with Crippen LogP contribution >= 0.6 is 0 Å². The van der Waals surface area contributed by atoms with Gasteiger partial charge in [-0.2, -0.15) is 5.10 Å². The molecule has 1 heterocycles. The average Bonchev–Trinajstić information content (AvgIpc) is 3.19. The lowest BCUT2D eigenvalue weighted by molar-refractivity contribution is -0.142. The highest BCUT2D eigenvalue weighted by Crippen LogP contribution is 2.37. The summed E-state index contributed by atoms with van der Waals surface area (Å²) in [5.41, 5.74) is 5.01. The molecule has 0 bridgehead atoms. The third-order valence-corrected chi connectivity index (χ3v) is 6.68. The number of hydrogen-bond acceptors (Lipinski definition) is 3. The summed E-state index contributed by atoms with van der Waals surface area (Å²) < 4.78 is 21.7. The molecule has 1 saturated carbocycles. The van der Waals surface area contributed by atoms with Crippen LogP contribution in [0.3, 0.4) is 0 Å². The SMILES string of the molecule is CCCc1c(-c2cccc(F)c2)c(-c2ccccc2)nn1C[C@H]1CC[C@H](COCC(=O)O)CC1. The van der Waals surface area contributed by atoms with E-state index in [1.54, 1.807) is 12.1 Å². The molecule has 0 aliphatic heterocycles. The van der Waals surface area contributed by atoms with Gasteiger partial charge in [-0.05, 0) is 61.6 Å². The van der Waals surface area contributed by atoms with Gasteiger partial charge in [-0.3, -0.25) is 4.68 Å².